The lowest BCUT2D eigenvalue weighted by molar-refractivity contribution is 0.199. The van der Waals surface area contributed by atoms with Gasteiger partial charge in [-0.05, 0) is 30.7 Å². The standard InChI is InChI=1S/C15H17ClN2O/c1-11(19)14-7-4-8-17-15(14)18(2)10-12-5-3-6-13(16)9-12/h3-9,11,19H,10H2,1-2H3/t11-/m0/s1. The van der Waals surface area contributed by atoms with Crippen molar-refractivity contribution in [2.75, 3.05) is 11.9 Å². The van der Waals surface area contributed by atoms with E-state index >= 15 is 0 Å². The van der Waals surface area contributed by atoms with Gasteiger partial charge in [0.05, 0.1) is 6.10 Å². The molecule has 0 spiro atoms. The summed E-state index contributed by atoms with van der Waals surface area (Å²) in [6.45, 7) is 2.44. The van der Waals surface area contributed by atoms with Crippen LogP contribution in [0.2, 0.25) is 5.02 Å². The number of nitrogens with zero attached hydrogens (tertiary/aromatic N) is 2. The number of aromatic nitrogens is 1. The lowest BCUT2D eigenvalue weighted by Crippen LogP contribution is -2.20. The number of aliphatic hydroxyl groups is 1. The quantitative estimate of drug-likeness (QED) is 0.929. The molecule has 4 heteroatoms. The van der Waals surface area contributed by atoms with Crippen LogP contribution >= 0.6 is 11.6 Å². The van der Waals surface area contributed by atoms with E-state index in [2.05, 4.69) is 4.98 Å². The van der Waals surface area contributed by atoms with Gasteiger partial charge in [0.2, 0.25) is 0 Å². The zero-order chi connectivity index (χ0) is 13.8. The smallest absolute Gasteiger partial charge is 0.134 e. The molecule has 0 aliphatic rings. The molecule has 19 heavy (non-hydrogen) atoms. The SMILES string of the molecule is C[C@H](O)c1cccnc1N(C)Cc1cccc(Cl)c1. The number of aliphatic hydroxyl groups excluding tert-OH is 1. The molecule has 1 atom stereocenters. The molecule has 0 amide bonds. The summed E-state index contributed by atoms with van der Waals surface area (Å²) < 4.78 is 0. The molecule has 1 aromatic heterocycles. The van der Waals surface area contributed by atoms with E-state index in [4.69, 9.17) is 11.6 Å². The highest BCUT2D eigenvalue weighted by Gasteiger charge is 2.12. The van der Waals surface area contributed by atoms with Crippen LogP contribution in [-0.4, -0.2) is 17.1 Å². The van der Waals surface area contributed by atoms with Crippen LogP contribution in [0.15, 0.2) is 42.6 Å². The molecular weight excluding hydrogens is 260 g/mol. The summed E-state index contributed by atoms with van der Waals surface area (Å²) in [5, 5.41) is 10.5. The van der Waals surface area contributed by atoms with Gasteiger partial charge in [0.25, 0.3) is 0 Å². The van der Waals surface area contributed by atoms with Crippen LogP contribution in [-0.2, 0) is 6.54 Å². The van der Waals surface area contributed by atoms with Crippen molar-refractivity contribution in [1.29, 1.82) is 0 Å². The normalized spacial score (nSPS) is 12.2. The van der Waals surface area contributed by atoms with Gasteiger partial charge in [-0.15, -0.1) is 0 Å². The fourth-order valence-corrected chi connectivity index (χ4v) is 2.25. The van der Waals surface area contributed by atoms with Gasteiger partial charge in [-0.25, -0.2) is 4.98 Å². The second-order valence-corrected chi connectivity index (χ2v) is 5.01. The van der Waals surface area contributed by atoms with Crippen molar-refractivity contribution in [3.05, 3.63) is 58.7 Å². The van der Waals surface area contributed by atoms with E-state index in [1.54, 1.807) is 13.1 Å². The monoisotopic (exact) mass is 276 g/mol. The molecule has 2 rings (SSSR count). The lowest BCUT2D eigenvalue weighted by atomic mass is 10.1. The average Bonchev–Trinajstić information content (AvgIpc) is 2.38. The molecule has 0 unspecified atom stereocenters. The highest BCUT2D eigenvalue weighted by atomic mass is 35.5. The van der Waals surface area contributed by atoms with E-state index in [-0.39, 0.29) is 0 Å². The Hall–Kier alpha value is -1.58. The van der Waals surface area contributed by atoms with Crippen molar-refractivity contribution >= 4 is 17.4 Å². The third kappa shape index (κ3) is 3.46. The van der Waals surface area contributed by atoms with Crippen molar-refractivity contribution < 1.29 is 5.11 Å². The van der Waals surface area contributed by atoms with Crippen molar-refractivity contribution in [3.63, 3.8) is 0 Å². The zero-order valence-corrected chi connectivity index (χ0v) is 11.8. The Labute approximate surface area is 118 Å². The number of benzene rings is 1. The van der Waals surface area contributed by atoms with Crippen LogP contribution in [0.25, 0.3) is 0 Å². The predicted octanol–water partition coefficient (Wildman–Crippen LogP) is 3.42. The number of pyridine rings is 1. The zero-order valence-electron chi connectivity index (χ0n) is 11.0. The molecule has 1 N–H and O–H groups in total. The summed E-state index contributed by atoms with van der Waals surface area (Å²) in [4.78, 5) is 6.36. The Balaban J connectivity index is 2.23. The Morgan fingerprint density at radius 3 is 2.79 bits per heavy atom. The average molecular weight is 277 g/mol. The van der Waals surface area contributed by atoms with Crippen LogP contribution in [0.1, 0.15) is 24.2 Å². The summed E-state index contributed by atoms with van der Waals surface area (Å²) in [6.07, 6.45) is 1.20. The van der Waals surface area contributed by atoms with Gasteiger partial charge in [0, 0.05) is 30.4 Å². The van der Waals surface area contributed by atoms with Crippen LogP contribution in [0, 0.1) is 0 Å². The first-order valence-electron chi connectivity index (χ1n) is 6.16. The third-order valence-corrected chi connectivity index (χ3v) is 3.17. The molecular formula is C15H17ClN2O. The minimum Gasteiger partial charge on any atom is -0.389 e. The van der Waals surface area contributed by atoms with Crippen molar-refractivity contribution in [2.24, 2.45) is 0 Å². The van der Waals surface area contributed by atoms with Gasteiger partial charge in [-0.3, -0.25) is 0 Å². The molecule has 0 aliphatic carbocycles. The maximum Gasteiger partial charge on any atom is 0.134 e. The summed E-state index contributed by atoms with van der Waals surface area (Å²) in [5.74, 6) is 0.789. The Bertz CT molecular complexity index is 557. The summed E-state index contributed by atoms with van der Waals surface area (Å²) in [6, 6.07) is 11.5. The second kappa shape index (κ2) is 6.04. The van der Waals surface area contributed by atoms with Crippen LogP contribution in [0.4, 0.5) is 5.82 Å². The molecule has 1 heterocycles. The van der Waals surface area contributed by atoms with Crippen molar-refractivity contribution in [3.8, 4) is 0 Å². The first-order valence-corrected chi connectivity index (χ1v) is 6.54. The fraction of sp³-hybridized carbons (Fsp3) is 0.267. The highest BCUT2D eigenvalue weighted by molar-refractivity contribution is 6.30. The number of anilines is 1. The van der Waals surface area contributed by atoms with Crippen LogP contribution in [0.3, 0.4) is 0 Å². The molecule has 2 aromatic rings. The van der Waals surface area contributed by atoms with Crippen LogP contribution in [0.5, 0.6) is 0 Å². The maximum absolute atomic E-state index is 9.78. The Morgan fingerprint density at radius 2 is 2.11 bits per heavy atom. The highest BCUT2D eigenvalue weighted by Crippen LogP contribution is 2.24. The minimum atomic E-state index is -0.537. The minimum absolute atomic E-state index is 0.537. The second-order valence-electron chi connectivity index (χ2n) is 4.58. The lowest BCUT2D eigenvalue weighted by Gasteiger charge is -2.22. The summed E-state index contributed by atoms with van der Waals surface area (Å²) in [5.41, 5.74) is 1.93. The van der Waals surface area contributed by atoms with Gasteiger partial charge < -0.3 is 10.0 Å². The van der Waals surface area contributed by atoms with Crippen molar-refractivity contribution in [2.45, 2.75) is 19.6 Å². The van der Waals surface area contributed by atoms with Gasteiger partial charge in [0.15, 0.2) is 0 Å². The largest absolute Gasteiger partial charge is 0.389 e. The number of halogens is 1. The number of hydrogen-bond donors (Lipinski definition) is 1. The molecule has 100 valence electrons. The topological polar surface area (TPSA) is 36.4 Å². The molecule has 0 bridgehead atoms. The third-order valence-electron chi connectivity index (χ3n) is 2.94. The molecule has 3 nitrogen and oxygen atoms in total. The maximum atomic E-state index is 9.78. The molecule has 0 saturated carbocycles. The fourth-order valence-electron chi connectivity index (χ4n) is 2.04. The summed E-state index contributed by atoms with van der Waals surface area (Å²) in [7, 11) is 1.95. The predicted molar refractivity (Wildman–Crippen MR) is 78.4 cm³/mol. The Kier molecular flexibility index (Phi) is 4.40. The van der Waals surface area contributed by atoms with Gasteiger partial charge >= 0.3 is 0 Å². The molecule has 0 radical (unpaired) electrons. The van der Waals surface area contributed by atoms with E-state index < -0.39 is 6.10 Å². The molecule has 0 fully saturated rings. The van der Waals surface area contributed by atoms with E-state index in [1.165, 1.54) is 0 Å². The van der Waals surface area contributed by atoms with E-state index in [0.717, 1.165) is 22.0 Å². The van der Waals surface area contributed by atoms with E-state index in [0.29, 0.717) is 6.54 Å². The van der Waals surface area contributed by atoms with Gasteiger partial charge in [-0.2, -0.15) is 0 Å². The number of rotatable bonds is 4. The first-order chi connectivity index (χ1) is 9.08. The number of hydrogen-bond acceptors (Lipinski definition) is 3. The van der Waals surface area contributed by atoms with E-state index in [9.17, 15) is 5.11 Å². The summed E-state index contributed by atoms with van der Waals surface area (Å²) >= 11 is 5.98. The van der Waals surface area contributed by atoms with E-state index in [1.807, 2.05) is 48.3 Å². The first kappa shape index (κ1) is 13.8. The Morgan fingerprint density at radius 1 is 1.32 bits per heavy atom. The van der Waals surface area contributed by atoms with Crippen molar-refractivity contribution in [1.82, 2.24) is 4.98 Å². The van der Waals surface area contributed by atoms with Gasteiger partial charge in [-0.1, -0.05) is 29.8 Å². The molecule has 0 saturated heterocycles. The molecule has 0 aliphatic heterocycles. The van der Waals surface area contributed by atoms with Crippen LogP contribution < -0.4 is 4.90 Å². The van der Waals surface area contributed by atoms with Gasteiger partial charge in [0.1, 0.15) is 5.82 Å². The molecule has 1 aromatic carbocycles.